The van der Waals surface area contributed by atoms with Gasteiger partial charge in [-0.3, -0.25) is 4.79 Å². The van der Waals surface area contributed by atoms with Gasteiger partial charge in [0.25, 0.3) is 0 Å². The van der Waals surface area contributed by atoms with E-state index in [4.69, 9.17) is 9.84 Å². The molecule has 0 unspecified atom stereocenters. The van der Waals surface area contributed by atoms with Crippen LogP contribution in [0, 0.1) is 0 Å². The van der Waals surface area contributed by atoms with Crippen LogP contribution in [0.15, 0.2) is 16.6 Å². The van der Waals surface area contributed by atoms with E-state index < -0.39 is 5.97 Å². The van der Waals surface area contributed by atoms with Crippen LogP contribution in [-0.2, 0) is 11.2 Å². The third kappa shape index (κ3) is 3.13. The maximum Gasteiger partial charge on any atom is 0.303 e. The van der Waals surface area contributed by atoms with Gasteiger partial charge in [-0.2, -0.15) is 0 Å². The molecule has 0 radical (unpaired) electrons. The maximum atomic E-state index is 10.4. The Kier molecular flexibility index (Phi) is 3.96. The molecule has 0 heterocycles. The average Bonchev–Trinajstić information content (AvgIpc) is 2.18. The highest BCUT2D eigenvalue weighted by atomic mass is 79.9. The van der Waals surface area contributed by atoms with Crippen LogP contribution < -0.4 is 4.74 Å². The number of phenolic OH excluding ortho intramolecular Hbond substituents is 1. The van der Waals surface area contributed by atoms with Gasteiger partial charge in [-0.25, -0.2) is 0 Å². The van der Waals surface area contributed by atoms with Gasteiger partial charge >= 0.3 is 5.97 Å². The lowest BCUT2D eigenvalue weighted by Crippen LogP contribution is -1.98. The second kappa shape index (κ2) is 5.02. The number of aromatic hydroxyl groups is 1. The zero-order valence-electron chi connectivity index (χ0n) is 8.16. The molecule has 0 aliphatic rings. The number of carboxylic acids is 1. The smallest absolute Gasteiger partial charge is 0.303 e. The molecule has 0 spiro atoms. The number of hydrogen-bond donors (Lipinski definition) is 2. The molecule has 0 saturated carbocycles. The van der Waals surface area contributed by atoms with E-state index in [1.54, 1.807) is 6.07 Å². The molecule has 82 valence electrons. The lowest BCUT2D eigenvalue weighted by molar-refractivity contribution is -0.136. The van der Waals surface area contributed by atoms with Crippen molar-refractivity contribution in [2.75, 3.05) is 7.11 Å². The topological polar surface area (TPSA) is 66.8 Å². The molecule has 0 aliphatic carbocycles. The Bertz CT molecular complexity index is 376. The van der Waals surface area contributed by atoms with Crippen molar-refractivity contribution in [1.29, 1.82) is 0 Å². The first-order valence-electron chi connectivity index (χ1n) is 4.31. The van der Waals surface area contributed by atoms with Crippen LogP contribution in [0.4, 0.5) is 0 Å². The van der Waals surface area contributed by atoms with Crippen molar-refractivity contribution in [3.8, 4) is 11.5 Å². The van der Waals surface area contributed by atoms with Gasteiger partial charge in [0, 0.05) is 12.5 Å². The third-order valence-corrected chi connectivity index (χ3v) is 2.58. The monoisotopic (exact) mass is 274 g/mol. The SMILES string of the molecule is COc1cc(O)c(CCC(=O)O)cc1Br. The summed E-state index contributed by atoms with van der Waals surface area (Å²) in [6.45, 7) is 0. The van der Waals surface area contributed by atoms with Crippen molar-refractivity contribution in [2.45, 2.75) is 12.8 Å². The Hall–Kier alpha value is -1.23. The highest BCUT2D eigenvalue weighted by Crippen LogP contribution is 2.32. The summed E-state index contributed by atoms with van der Waals surface area (Å²) in [4.78, 5) is 10.4. The van der Waals surface area contributed by atoms with Crippen molar-refractivity contribution in [3.05, 3.63) is 22.2 Å². The number of methoxy groups -OCH3 is 1. The summed E-state index contributed by atoms with van der Waals surface area (Å²) in [5.41, 5.74) is 0.588. The normalized spacial score (nSPS) is 10.0. The molecular weight excluding hydrogens is 264 g/mol. The number of aliphatic carboxylic acids is 1. The zero-order chi connectivity index (χ0) is 11.4. The molecule has 0 atom stereocenters. The number of ether oxygens (including phenoxy) is 1. The first-order chi connectivity index (χ1) is 7.04. The highest BCUT2D eigenvalue weighted by Gasteiger charge is 2.09. The second-order valence-electron chi connectivity index (χ2n) is 3.01. The number of benzene rings is 1. The number of phenols is 1. The summed E-state index contributed by atoms with van der Waals surface area (Å²) in [6, 6.07) is 3.12. The Balaban J connectivity index is 2.90. The minimum absolute atomic E-state index is 0.00761. The largest absolute Gasteiger partial charge is 0.508 e. The van der Waals surface area contributed by atoms with E-state index in [0.29, 0.717) is 22.2 Å². The number of carbonyl (C=O) groups is 1. The lowest BCUT2D eigenvalue weighted by atomic mass is 10.1. The third-order valence-electron chi connectivity index (χ3n) is 1.96. The fraction of sp³-hybridized carbons (Fsp3) is 0.300. The molecule has 15 heavy (non-hydrogen) atoms. The van der Waals surface area contributed by atoms with Crippen LogP contribution in [-0.4, -0.2) is 23.3 Å². The van der Waals surface area contributed by atoms with E-state index >= 15 is 0 Å². The van der Waals surface area contributed by atoms with E-state index in [9.17, 15) is 9.90 Å². The molecular formula is C10H11BrO4. The molecule has 1 rings (SSSR count). The Labute approximate surface area is 95.6 Å². The van der Waals surface area contributed by atoms with E-state index in [-0.39, 0.29) is 12.2 Å². The first kappa shape index (κ1) is 11.8. The summed E-state index contributed by atoms with van der Waals surface area (Å²) in [6.07, 6.45) is 0.288. The van der Waals surface area contributed by atoms with Crippen molar-refractivity contribution in [3.63, 3.8) is 0 Å². The summed E-state index contributed by atoms with van der Waals surface area (Å²) in [5, 5.41) is 18.1. The molecule has 1 aromatic carbocycles. The average molecular weight is 275 g/mol. The molecule has 0 saturated heterocycles. The van der Waals surface area contributed by atoms with Crippen LogP contribution in [0.2, 0.25) is 0 Å². The van der Waals surface area contributed by atoms with Gasteiger partial charge < -0.3 is 14.9 Å². The standard InChI is InChI=1S/C10H11BrO4/c1-15-9-5-8(12)6(4-7(9)11)2-3-10(13)14/h4-5,12H,2-3H2,1H3,(H,13,14). The lowest BCUT2D eigenvalue weighted by Gasteiger charge is -2.08. The number of carboxylic acid groups (broad SMARTS) is 1. The molecule has 2 N–H and O–H groups in total. The minimum atomic E-state index is -0.888. The fourth-order valence-electron chi connectivity index (χ4n) is 1.18. The summed E-state index contributed by atoms with van der Waals surface area (Å²) < 4.78 is 5.68. The Morgan fingerprint density at radius 2 is 2.20 bits per heavy atom. The first-order valence-corrected chi connectivity index (χ1v) is 5.11. The van der Waals surface area contributed by atoms with Gasteiger partial charge in [-0.1, -0.05) is 0 Å². The van der Waals surface area contributed by atoms with Gasteiger partial charge in [0.15, 0.2) is 0 Å². The van der Waals surface area contributed by atoms with Crippen LogP contribution in [0.5, 0.6) is 11.5 Å². The van der Waals surface area contributed by atoms with E-state index in [2.05, 4.69) is 15.9 Å². The van der Waals surface area contributed by atoms with Crippen molar-refractivity contribution < 1.29 is 19.7 Å². The molecule has 5 heteroatoms. The predicted molar refractivity (Wildman–Crippen MR) is 58.3 cm³/mol. The number of hydrogen-bond acceptors (Lipinski definition) is 3. The number of halogens is 1. The van der Waals surface area contributed by atoms with Gasteiger partial charge in [0.2, 0.25) is 0 Å². The Morgan fingerprint density at radius 1 is 1.53 bits per heavy atom. The summed E-state index contributed by atoms with van der Waals surface area (Å²) in [7, 11) is 1.50. The maximum absolute atomic E-state index is 10.4. The highest BCUT2D eigenvalue weighted by molar-refractivity contribution is 9.10. The number of aryl methyl sites for hydroxylation is 1. The van der Waals surface area contributed by atoms with E-state index in [1.807, 2.05) is 0 Å². The van der Waals surface area contributed by atoms with Crippen LogP contribution in [0.3, 0.4) is 0 Å². The molecule has 0 bridgehead atoms. The molecule has 1 aromatic rings. The Morgan fingerprint density at radius 3 is 2.73 bits per heavy atom. The predicted octanol–water partition coefficient (Wildman–Crippen LogP) is 2.18. The fourth-order valence-corrected chi connectivity index (χ4v) is 1.73. The zero-order valence-corrected chi connectivity index (χ0v) is 9.74. The minimum Gasteiger partial charge on any atom is -0.508 e. The van der Waals surface area contributed by atoms with Gasteiger partial charge in [-0.15, -0.1) is 0 Å². The van der Waals surface area contributed by atoms with Crippen molar-refractivity contribution in [1.82, 2.24) is 0 Å². The molecule has 0 fully saturated rings. The van der Waals surface area contributed by atoms with Crippen molar-refractivity contribution in [2.24, 2.45) is 0 Å². The molecule has 0 aliphatic heterocycles. The van der Waals surface area contributed by atoms with Crippen molar-refractivity contribution >= 4 is 21.9 Å². The van der Waals surface area contributed by atoms with Gasteiger partial charge in [-0.05, 0) is 34.0 Å². The van der Waals surface area contributed by atoms with Crippen LogP contribution in [0.25, 0.3) is 0 Å². The molecule has 4 nitrogen and oxygen atoms in total. The van der Waals surface area contributed by atoms with E-state index in [0.717, 1.165) is 0 Å². The summed E-state index contributed by atoms with van der Waals surface area (Å²) in [5.74, 6) is -0.316. The quantitative estimate of drug-likeness (QED) is 0.883. The molecule has 0 amide bonds. The second-order valence-corrected chi connectivity index (χ2v) is 3.86. The van der Waals surface area contributed by atoms with Crippen LogP contribution in [0.1, 0.15) is 12.0 Å². The number of rotatable bonds is 4. The summed E-state index contributed by atoms with van der Waals surface area (Å²) >= 11 is 3.26. The van der Waals surface area contributed by atoms with Crippen LogP contribution >= 0.6 is 15.9 Å². The van der Waals surface area contributed by atoms with Gasteiger partial charge in [0.05, 0.1) is 11.6 Å². The molecule has 0 aromatic heterocycles. The van der Waals surface area contributed by atoms with E-state index in [1.165, 1.54) is 13.2 Å². The van der Waals surface area contributed by atoms with Gasteiger partial charge in [0.1, 0.15) is 11.5 Å².